The molecule has 1 aromatic rings. The van der Waals surface area contributed by atoms with Crippen LogP contribution >= 0.6 is 22.6 Å². The molecule has 0 radical (unpaired) electrons. The number of aryl methyl sites for hydroxylation is 1. The lowest BCUT2D eigenvalue weighted by atomic mass is 10.2. The minimum absolute atomic E-state index is 0.0189. The van der Waals surface area contributed by atoms with Crippen LogP contribution in [0.25, 0.3) is 0 Å². The highest BCUT2D eigenvalue weighted by Gasteiger charge is 2.10. The van der Waals surface area contributed by atoms with Crippen LogP contribution in [0, 0.1) is 10.6 Å². The monoisotopic (exact) mass is 269 g/mol. The fourth-order valence-corrected chi connectivity index (χ4v) is 1.37. The Morgan fingerprint density at radius 1 is 1.55 bits per heavy atom. The number of nitrogens with zero attached hydrogens (tertiary/aromatic N) is 1. The summed E-state index contributed by atoms with van der Waals surface area (Å²) in [5.41, 5.74) is 0.616. The topological polar surface area (TPSA) is 12.9 Å². The van der Waals surface area contributed by atoms with E-state index in [-0.39, 0.29) is 5.56 Å². The van der Waals surface area contributed by atoms with Crippen molar-refractivity contribution in [3.8, 4) is 0 Å². The summed E-state index contributed by atoms with van der Waals surface area (Å²) in [7, 11) is 0. The molecule has 0 unspecified atom stereocenters. The van der Waals surface area contributed by atoms with Crippen molar-refractivity contribution < 1.29 is 8.78 Å². The number of rotatable bonds is 1. The van der Waals surface area contributed by atoms with Crippen molar-refractivity contribution in [2.45, 2.75) is 13.3 Å². The molecule has 1 aromatic heterocycles. The van der Waals surface area contributed by atoms with Crippen LogP contribution in [0.4, 0.5) is 8.78 Å². The van der Waals surface area contributed by atoms with E-state index in [1.54, 1.807) is 13.0 Å². The molecular weight excluding hydrogens is 263 g/mol. The highest BCUT2D eigenvalue weighted by Crippen LogP contribution is 2.21. The zero-order valence-electron chi connectivity index (χ0n) is 5.81. The third kappa shape index (κ3) is 2.08. The van der Waals surface area contributed by atoms with Gasteiger partial charge in [-0.15, -0.1) is 0 Å². The summed E-state index contributed by atoms with van der Waals surface area (Å²) in [4.78, 5) is 3.77. The number of halogens is 3. The molecule has 0 saturated heterocycles. The van der Waals surface area contributed by atoms with E-state index in [0.717, 1.165) is 3.70 Å². The summed E-state index contributed by atoms with van der Waals surface area (Å²) in [5.74, 6) is 0. The van der Waals surface area contributed by atoms with E-state index in [1.807, 2.05) is 22.6 Å². The maximum atomic E-state index is 12.1. The molecule has 0 amide bonds. The molecule has 0 aromatic carbocycles. The molecule has 0 N–H and O–H groups in total. The summed E-state index contributed by atoms with van der Waals surface area (Å²) in [6, 6.07) is 1.64. The predicted octanol–water partition coefficient (Wildman–Crippen LogP) is 2.93. The van der Waals surface area contributed by atoms with Crippen LogP contribution in [0.3, 0.4) is 0 Å². The van der Waals surface area contributed by atoms with Crippen molar-refractivity contribution in [2.75, 3.05) is 0 Å². The number of pyridine rings is 1. The van der Waals surface area contributed by atoms with Gasteiger partial charge in [0.1, 0.15) is 3.70 Å². The lowest BCUT2D eigenvalue weighted by Crippen LogP contribution is -1.92. The van der Waals surface area contributed by atoms with Gasteiger partial charge in [-0.25, -0.2) is 13.8 Å². The summed E-state index contributed by atoms with van der Waals surface area (Å²) >= 11 is 1.99. The normalized spacial score (nSPS) is 10.6. The summed E-state index contributed by atoms with van der Waals surface area (Å²) in [5, 5.41) is 0. The second-order valence-electron chi connectivity index (χ2n) is 2.16. The molecule has 0 saturated carbocycles. The number of alkyl halides is 2. The summed E-state index contributed by atoms with van der Waals surface area (Å²) in [6.45, 7) is 1.66. The van der Waals surface area contributed by atoms with Gasteiger partial charge in [0.25, 0.3) is 6.43 Å². The van der Waals surface area contributed by atoms with Gasteiger partial charge in [0.2, 0.25) is 0 Å². The summed E-state index contributed by atoms with van der Waals surface area (Å²) in [6.07, 6.45) is -1.19. The van der Waals surface area contributed by atoms with Gasteiger partial charge in [-0.2, -0.15) is 0 Å². The lowest BCUT2D eigenvalue weighted by Gasteiger charge is -2.02. The molecule has 11 heavy (non-hydrogen) atoms. The van der Waals surface area contributed by atoms with Crippen molar-refractivity contribution in [2.24, 2.45) is 0 Å². The third-order valence-electron chi connectivity index (χ3n) is 1.35. The van der Waals surface area contributed by atoms with E-state index in [9.17, 15) is 8.78 Å². The Bertz CT molecular complexity index is 263. The average molecular weight is 269 g/mol. The highest BCUT2D eigenvalue weighted by atomic mass is 127. The van der Waals surface area contributed by atoms with Crippen LogP contribution in [-0.4, -0.2) is 4.98 Å². The molecule has 0 fully saturated rings. The molecule has 1 nitrogen and oxygen atoms in total. The maximum absolute atomic E-state index is 12.1. The number of aromatic nitrogens is 1. The van der Waals surface area contributed by atoms with Crippen molar-refractivity contribution in [3.05, 3.63) is 27.1 Å². The molecule has 60 valence electrons. The Hall–Kier alpha value is -0.260. The smallest absolute Gasteiger partial charge is 0.250 e. The Kier molecular flexibility index (Phi) is 2.75. The SMILES string of the molecule is Cc1cc(I)ncc1C(F)F. The van der Waals surface area contributed by atoms with Crippen LogP contribution in [0.1, 0.15) is 17.6 Å². The van der Waals surface area contributed by atoms with E-state index in [2.05, 4.69) is 4.98 Å². The molecule has 0 aliphatic heterocycles. The fourth-order valence-electron chi connectivity index (χ4n) is 0.761. The lowest BCUT2D eigenvalue weighted by molar-refractivity contribution is 0.150. The molecule has 0 aliphatic carbocycles. The largest absolute Gasteiger partial charge is 0.265 e. The maximum Gasteiger partial charge on any atom is 0.265 e. The van der Waals surface area contributed by atoms with Gasteiger partial charge in [0.05, 0.1) is 0 Å². The standard InChI is InChI=1S/C7H6F2IN/c1-4-2-6(10)11-3-5(4)7(8)9/h2-3,7H,1H3. The molecule has 1 rings (SSSR count). The van der Waals surface area contributed by atoms with Crippen molar-refractivity contribution in [3.63, 3.8) is 0 Å². The molecule has 1 heterocycles. The van der Waals surface area contributed by atoms with Crippen LogP contribution in [0.5, 0.6) is 0 Å². The van der Waals surface area contributed by atoms with Gasteiger partial charge in [0.15, 0.2) is 0 Å². The molecule has 4 heteroatoms. The fraction of sp³-hybridized carbons (Fsp3) is 0.286. The Morgan fingerprint density at radius 2 is 2.18 bits per heavy atom. The molecule has 0 aliphatic rings. The van der Waals surface area contributed by atoms with Gasteiger partial charge in [-0.1, -0.05) is 0 Å². The minimum atomic E-state index is -2.42. The van der Waals surface area contributed by atoms with Gasteiger partial charge in [-0.05, 0) is 41.1 Å². The zero-order valence-corrected chi connectivity index (χ0v) is 7.97. The van der Waals surface area contributed by atoms with Crippen LogP contribution < -0.4 is 0 Å². The van der Waals surface area contributed by atoms with Crippen molar-refractivity contribution in [1.82, 2.24) is 4.98 Å². The van der Waals surface area contributed by atoms with Gasteiger partial charge in [0, 0.05) is 11.8 Å². The molecular formula is C7H6F2IN. The summed E-state index contributed by atoms with van der Waals surface area (Å²) < 4.78 is 25.0. The van der Waals surface area contributed by atoms with E-state index in [1.165, 1.54) is 6.20 Å². The second-order valence-corrected chi connectivity index (χ2v) is 3.27. The second kappa shape index (κ2) is 3.42. The Balaban J connectivity index is 3.09. The average Bonchev–Trinajstić information content (AvgIpc) is 1.85. The molecule has 0 bridgehead atoms. The quantitative estimate of drug-likeness (QED) is 0.564. The number of hydrogen-bond donors (Lipinski definition) is 0. The molecule has 0 spiro atoms. The van der Waals surface area contributed by atoms with Crippen LogP contribution in [0.15, 0.2) is 12.3 Å². The zero-order chi connectivity index (χ0) is 8.43. The first kappa shape index (κ1) is 8.83. The Morgan fingerprint density at radius 3 is 2.64 bits per heavy atom. The van der Waals surface area contributed by atoms with Gasteiger partial charge >= 0.3 is 0 Å². The first-order valence-corrected chi connectivity index (χ1v) is 4.09. The van der Waals surface area contributed by atoms with Gasteiger partial charge in [-0.3, -0.25) is 0 Å². The Labute approximate surface area is 77.0 Å². The minimum Gasteiger partial charge on any atom is -0.250 e. The molecule has 0 atom stereocenters. The van der Waals surface area contributed by atoms with Gasteiger partial charge < -0.3 is 0 Å². The number of hydrogen-bond acceptors (Lipinski definition) is 1. The van der Waals surface area contributed by atoms with E-state index in [0.29, 0.717) is 5.56 Å². The predicted molar refractivity (Wildman–Crippen MR) is 46.6 cm³/mol. The van der Waals surface area contributed by atoms with E-state index < -0.39 is 6.43 Å². The van der Waals surface area contributed by atoms with Crippen molar-refractivity contribution in [1.29, 1.82) is 0 Å². The first-order valence-electron chi connectivity index (χ1n) is 3.01. The van der Waals surface area contributed by atoms with Crippen LogP contribution in [0.2, 0.25) is 0 Å². The first-order chi connectivity index (χ1) is 5.11. The van der Waals surface area contributed by atoms with E-state index in [4.69, 9.17) is 0 Å². The highest BCUT2D eigenvalue weighted by molar-refractivity contribution is 14.1. The van der Waals surface area contributed by atoms with Crippen LogP contribution in [-0.2, 0) is 0 Å². The third-order valence-corrected chi connectivity index (χ3v) is 1.94. The van der Waals surface area contributed by atoms with E-state index >= 15 is 0 Å². The van der Waals surface area contributed by atoms with Crippen molar-refractivity contribution >= 4 is 22.6 Å².